The van der Waals surface area contributed by atoms with Gasteiger partial charge in [0.1, 0.15) is 0 Å². The van der Waals surface area contributed by atoms with Crippen LogP contribution in [0.25, 0.3) is 11.6 Å². The third kappa shape index (κ3) is 5.26. The molecule has 4 atom stereocenters. The average molecular weight is 575 g/mol. The summed E-state index contributed by atoms with van der Waals surface area (Å²) in [6.07, 6.45) is 46.7. The summed E-state index contributed by atoms with van der Waals surface area (Å²) in [6.45, 7) is 0. The van der Waals surface area contributed by atoms with Crippen LogP contribution in [0.2, 0.25) is 0 Å². The second kappa shape index (κ2) is 12.1. The fraction of sp³-hybridized carbons (Fsp3) is 0.286. The summed E-state index contributed by atoms with van der Waals surface area (Å²) in [4.78, 5) is 0. The second-order valence-electron chi connectivity index (χ2n) is 13.0. The van der Waals surface area contributed by atoms with Crippen molar-refractivity contribution < 1.29 is 0 Å². The van der Waals surface area contributed by atoms with Gasteiger partial charge in [-0.05, 0) is 107 Å². The molecule has 1 aromatic carbocycles. The first-order valence-electron chi connectivity index (χ1n) is 16.8. The lowest BCUT2D eigenvalue weighted by Crippen LogP contribution is -2.40. The van der Waals surface area contributed by atoms with E-state index < -0.39 is 0 Å². The minimum absolute atomic E-state index is 0.335. The first kappa shape index (κ1) is 27.4. The van der Waals surface area contributed by atoms with Gasteiger partial charge in [0.05, 0.1) is 0 Å². The quantitative estimate of drug-likeness (QED) is 0.366. The molecule has 44 heavy (non-hydrogen) atoms. The van der Waals surface area contributed by atoms with Gasteiger partial charge in [-0.1, -0.05) is 109 Å². The maximum atomic E-state index is 3.95. The van der Waals surface area contributed by atoms with Crippen molar-refractivity contribution in [1.29, 1.82) is 0 Å². The molecule has 0 heterocycles. The van der Waals surface area contributed by atoms with Gasteiger partial charge in [-0.25, -0.2) is 0 Å². The molecule has 2 N–H and O–H groups in total. The highest BCUT2D eigenvalue weighted by Gasteiger charge is 2.36. The SMILES string of the molecule is C1=CCC(NC2C=CC(NC3=C(C4C=c5ccccc5=C5C=CC6=CCCC=C6C54)CCC=C3)=CC2)C(C2=CCCC=C2)=C1. The smallest absolute Gasteiger partial charge is 0.0379 e. The van der Waals surface area contributed by atoms with E-state index in [2.05, 4.69) is 132 Å². The van der Waals surface area contributed by atoms with Crippen molar-refractivity contribution in [2.75, 3.05) is 0 Å². The van der Waals surface area contributed by atoms with Gasteiger partial charge in [-0.15, -0.1) is 0 Å². The Morgan fingerprint density at radius 2 is 1.57 bits per heavy atom. The third-order valence-electron chi connectivity index (χ3n) is 10.2. The molecule has 0 amide bonds. The summed E-state index contributed by atoms with van der Waals surface area (Å²) >= 11 is 0. The molecule has 2 nitrogen and oxygen atoms in total. The van der Waals surface area contributed by atoms with E-state index in [1.807, 2.05) is 0 Å². The highest BCUT2D eigenvalue weighted by atomic mass is 15.0. The van der Waals surface area contributed by atoms with Crippen LogP contribution in [0.4, 0.5) is 0 Å². The zero-order chi connectivity index (χ0) is 29.3. The molecular formula is C42H42N2. The summed E-state index contributed by atoms with van der Waals surface area (Å²) in [5.74, 6) is 0.727. The third-order valence-corrected chi connectivity index (χ3v) is 10.2. The van der Waals surface area contributed by atoms with Crippen LogP contribution in [0.3, 0.4) is 0 Å². The number of hydrogen-bond donors (Lipinski definition) is 2. The maximum absolute atomic E-state index is 3.95. The van der Waals surface area contributed by atoms with Crippen LogP contribution in [0.1, 0.15) is 51.4 Å². The van der Waals surface area contributed by atoms with Gasteiger partial charge in [0.25, 0.3) is 0 Å². The molecule has 0 saturated carbocycles. The largest absolute Gasteiger partial charge is 0.356 e. The van der Waals surface area contributed by atoms with Crippen LogP contribution in [-0.4, -0.2) is 12.1 Å². The Labute approximate surface area is 262 Å². The Hall–Kier alpha value is -4.14. The Kier molecular flexibility index (Phi) is 7.54. The highest BCUT2D eigenvalue weighted by Crippen LogP contribution is 2.46. The summed E-state index contributed by atoms with van der Waals surface area (Å²) in [5.41, 5.74) is 11.3. The van der Waals surface area contributed by atoms with Crippen LogP contribution < -0.4 is 21.1 Å². The number of rotatable bonds is 6. The van der Waals surface area contributed by atoms with Crippen LogP contribution >= 0.6 is 0 Å². The zero-order valence-electron chi connectivity index (χ0n) is 25.5. The molecule has 0 fully saturated rings. The molecule has 0 radical (unpaired) electrons. The lowest BCUT2D eigenvalue weighted by molar-refractivity contribution is 0.513. The van der Waals surface area contributed by atoms with Crippen molar-refractivity contribution in [3.63, 3.8) is 0 Å². The number of fused-ring (bicyclic) bond motifs is 4. The van der Waals surface area contributed by atoms with Gasteiger partial charge in [-0.3, -0.25) is 0 Å². The number of benzene rings is 1. The molecule has 0 saturated heterocycles. The number of nitrogens with one attached hydrogen (secondary N) is 2. The van der Waals surface area contributed by atoms with E-state index in [0.717, 1.165) is 51.4 Å². The highest BCUT2D eigenvalue weighted by molar-refractivity contribution is 5.76. The predicted molar refractivity (Wildman–Crippen MR) is 184 cm³/mol. The molecule has 1 aromatic rings. The molecule has 2 heteroatoms. The normalized spacial score (nSPS) is 28.5. The van der Waals surface area contributed by atoms with Crippen LogP contribution in [-0.2, 0) is 0 Å². The Balaban J connectivity index is 1.05. The van der Waals surface area contributed by atoms with Gasteiger partial charge in [0, 0.05) is 35.3 Å². The molecule has 7 aliphatic carbocycles. The minimum atomic E-state index is 0.335. The molecule has 0 aliphatic heterocycles. The fourth-order valence-corrected chi connectivity index (χ4v) is 8.09. The first-order valence-corrected chi connectivity index (χ1v) is 16.8. The van der Waals surface area contributed by atoms with Crippen molar-refractivity contribution >= 4 is 11.6 Å². The lowest BCUT2D eigenvalue weighted by Gasteiger charge is -2.38. The summed E-state index contributed by atoms with van der Waals surface area (Å²) < 4.78 is 0. The zero-order valence-corrected chi connectivity index (χ0v) is 25.5. The molecule has 0 aromatic heterocycles. The van der Waals surface area contributed by atoms with Gasteiger partial charge >= 0.3 is 0 Å². The standard InChI is InChI=1S/C42H42N2/c1-2-12-29(13-3-1)35-17-8-10-20-40(35)43-32-23-25-33(26-24-32)44-41-21-11-9-19-37(41)39-28-31-15-5-6-16-34(31)38-27-22-30-14-4-7-18-36(30)42(38)39/h2,5-6,8,10-18,21-23,25-28,32,39-40,42-44H,1,3-4,7,9,19-20,24H2. The molecular weight excluding hydrogens is 532 g/mol. The second-order valence-corrected chi connectivity index (χ2v) is 13.0. The fourth-order valence-electron chi connectivity index (χ4n) is 8.09. The molecule has 7 aliphatic rings. The average Bonchev–Trinajstić information content (AvgIpc) is 3.09. The molecule has 0 spiro atoms. The van der Waals surface area contributed by atoms with E-state index in [1.54, 1.807) is 0 Å². The van der Waals surface area contributed by atoms with Crippen molar-refractivity contribution in [3.05, 3.63) is 165 Å². The van der Waals surface area contributed by atoms with Gasteiger partial charge in [-0.2, -0.15) is 0 Å². The summed E-state index contributed by atoms with van der Waals surface area (Å²) in [6, 6.07) is 9.69. The summed E-state index contributed by atoms with van der Waals surface area (Å²) in [5, 5.41) is 10.6. The topological polar surface area (TPSA) is 24.1 Å². The number of hydrogen-bond acceptors (Lipinski definition) is 2. The molecule has 8 rings (SSSR count). The van der Waals surface area contributed by atoms with Crippen LogP contribution in [0.5, 0.6) is 0 Å². The maximum Gasteiger partial charge on any atom is 0.0379 e. The predicted octanol–water partition coefficient (Wildman–Crippen LogP) is 7.61. The molecule has 220 valence electrons. The van der Waals surface area contributed by atoms with Gasteiger partial charge in [0.2, 0.25) is 0 Å². The Bertz CT molecular complexity index is 1820. The van der Waals surface area contributed by atoms with Gasteiger partial charge in [0.15, 0.2) is 0 Å². The molecule has 0 bridgehead atoms. The van der Waals surface area contributed by atoms with E-state index in [4.69, 9.17) is 0 Å². The number of allylic oxidation sites excluding steroid dienone is 15. The van der Waals surface area contributed by atoms with Crippen molar-refractivity contribution in [2.45, 2.75) is 63.5 Å². The Morgan fingerprint density at radius 3 is 2.48 bits per heavy atom. The van der Waals surface area contributed by atoms with E-state index in [9.17, 15) is 0 Å². The first-order chi connectivity index (χ1) is 21.8. The van der Waals surface area contributed by atoms with Gasteiger partial charge < -0.3 is 10.6 Å². The van der Waals surface area contributed by atoms with Crippen LogP contribution in [0, 0.1) is 11.8 Å². The van der Waals surface area contributed by atoms with Crippen molar-refractivity contribution in [2.24, 2.45) is 11.8 Å². The lowest BCUT2D eigenvalue weighted by atomic mass is 9.66. The van der Waals surface area contributed by atoms with E-state index >= 15 is 0 Å². The van der Waals surface area contributed by atoms with Crippen LogP contribution in [0.15, 0.2) is 155 Å². The Morgan fingerprint density at radius 1 is 0.705 bits per heavy atom. The monoisotopic (exact) mass is 574 g/mol. The molecule has 4 unspecified atom stereocenters. The van der Waals surface area contributed by atoms with E-state index in [-0.39, 0.29) is 0 Å². The van der Waals surface area contributed by atoms with Crippen molar-refractivity contribution in [3.8, 4) is 0 Å². The van der Waals surface area contributed by atoms with E-state index in [1.165, 1.54) is 55.3 Å². The van der Waals surface area contributed by atoms with Crippen molar-refractivity contribution in [1.82, 2.24) is 10.6 Å². The minimum Gasteiger partial charge on any atom is -0.356 e. The summed E-state index contributed by atoms with van der Waals surface area (Å²) in [7, 11) is 0. The van der Waals surface area contributed by atoms with E-state index in [0.29, 0.717) is 23.9 Å².